The van der Waals surface area contributed by atoms with Gasteiger partial charge < -0.3 is 10.4 Å². The van der Waals surface area contributed by atoms with E-state index < -0.39 is 5.97 Å². The summed E-state index contributed by atoms with van der Waals surface area (Å²) in [6, 6.07) is 0.173. The Hall–Kier alpha value is -1.10. The summed E-state index contributed by atoms with van der Waals surface area (Å²) in [5.74, 6) is -0.183. The smallest absolute Gasteiger partial charge is 0.306 e. The fraction of sp³-hybridized carbons (Fsp3) is 0.846. The second kappa shape index (κ2) is 5.69. The molecule has 2 atom stereocenters. The molecule has 1 saturated heterocycles. The van der Waals surface area contributed by atoms with Crippen LogP contribution in [0.5, 0.6) is 0 Å². The topological polar surface area (TPSA) is 69.6 Å². The molecular weight excluding hydrogens is 232 g/mol. The molecule has 0 aromatic carbocycles. The summed E-state index contributed by atoms with van der Waals surface area (Å²) in [7, 11) is 0. The van der Waals surface area contributed by atoms with E-state index in [-0.39, 0.29) is 17.9 Å². The SMILES string of the molecule is CC1CC(C(=O)O)CCN1CC(=O)NCC1CC1. The number of piperidine rings is 1. The number of carbonyl (C=O) groups is 2. The Morgan fingerprint density at radius 2 is 2.06 bits per heavy atom. The van der Waals surface area contributed by atoms with Crippen LogP contribution in [0.1, 0.15) is 32.6 Å². The minimum Gasteiger partial charge on any atom is -0.481 e. The molecular formula is C13H22N2O3. The maximum Gasteiger partial charge on any atom is 0.306 e. The van der Waals surface area contributed by atoms with Gasteiger partial charge in [-0.15, -0.1) is 0 Å². The summed E-state index contributed by atoms with van der Waals surface area (Å²) in [6.45, 7) is 3.91. The number of carbonyl (C=O) groups excluding carboxylic acids is 1. The summed E-state index contributed by atoms with van der Waals surface area (Å²) in [4.78, 5) is 24.7. The van der Waals surface area contributed by atoms with Crippen LogP contribution in [0.25, 0.3) is 0 Å². The van der Waals surface area contributed by atoms with E-state index in [1.807, 2.05) is 6.92 Å². The zero-order valence-electron chi connectivity index (χ0n) is 10.9. The van der Waals surface area contributed by atoms with Gasteiger partial charge in [-0.25, -0.2) is 0 Å². The molecule has 2 fully saturated rings. The standard InChI is InChI=1S/C13H22N2O3/c1-9-6-11(13(17)18)4-5-15(9)8-12(16)14-7-10-2-3-10/h9-11H,2-8H2,1H3,(H,14,16)(H,17,18). The van der Waals surface area contributed by atoms with Gasteiger partial charge in [-0.3, -0.25) is 14.5 Å². The van der Waals surface area contributed by atoms with Gasteiger partial charge in [-0.1, -0.05) is 0 Å². The predicted octanol–water partition coefficient (Wildman–Crippen LogP) is 0.698. The average molecular weight is 254 g/mol. The maximum atomic E-state index is 11.7. The fourth-order valence-electron chi connectivity index (χ4n) is 2.50. The number of hydrogen-bond acceptors (Lipinski definition) is 3. The van der Waals surface area contributed by atoms with E-state index in [9.17, 15) is 9.59 Å². The molecule has 2 rings (SSSR count). The van der Waals surface area contributed by atoms with Gasteiger partial charge >= 0.3 is 5.97 Å². The van der Waals surface area contributed by atoms with Gasteiger partial charge in [0.1, 0.15) is 0 Å². The Kier molecular flexibility index (Phi) is 4.22. The maximum absolute atomic E-state index is 11.7. The third kappa shape index (κ3) is 3.70. The van der Waals surface area contributed by atoms with Crippen LogP contribution >= 0.6 is 0 Å². The zero-order chi connectivity index (χ0) is 13.1. The molecule has 1 aliphatic heterocycles. The van der Waals surface area contributed by atoms with Gasteiger partial charge in [0.25, 0.3) is 0 Å². The lowest BCUT2D eigenvalue weighted by molar-refractivity contribution is -0.144. The molecule has 1 saturated carbocycles. The minimum absolute atomic E-state index is 0.0718. The molecule has 1 aliphatic carbocycles. The Morgan fingerprint density at radius 1 is 1.33 bits per heavy atom. The summed E-state index contributed by atoms with van der Waals surface area (Å²) in [5, 5.41) is 11.9. The van der Waals surface area contributed by atoms with Crippen molar-refractivity contribution in [2.45, 2.75) is 38.6 Å². The second-order valence-corrected chi connectivity index (χ2v) is 5.63. The summed E-state index contributed by atoms with van der Waals surface area (Å²) >= 11 is 0. The van der Waals surface area contributed by atoms with Crippen LogP contribution in [0.2, 0.25) is 0 Å². The lowest BCUT2D eigenvalue weighted by atomic mass is 9.92. The average Bonchev–Trinajstić information content (AvgIpc) is 3.13. The number of rotatable bonds is 5. The molecule has 0 spiro atoms. The largest absolute Gasteiger partial charge is 0.481 e. The Morgan fingerprint density at radius 3 is 2.61 bits per heavy atom. The highest BCUT2D eigenvalue weighted by Crippen LogP contribution is 2.27. The van der Waals surface area contributed by atoms with Crippen LogP contribution in [0.15, 0.2) is 0 Å². The normalized spacial score (nSPS) is 28.9. The molecule has 1 amide bonds. The quantitative estimate of drug-likeness (QED) is 0.757. The number of hydrogen-bond donors (Lipinski definition) is 2. The van der Waals surface area contributed by atoms with E-state index in [0.29, 0.717) is 31.8 Å². The predicted molar refractivity (Wildman–Crippen MR) is 67.1 cm³/mol. The van der Waals surface area contributed by atoms with E-state index in [0.717, 1.165) is 6.54 Å². The fourth-order valence-corrected chi connectivity index (χ4v) is 2.50. The number of carboxylic acid groups (broad SMARTS) is 1. The van der Waals surface area contributed by atoms with E-state index in [1.165, 1.54) is 12.8 Å². The van der Waals surface area contributed by atoms with Gasteiger partial charge in [0.15, 0.2) is 0 Å². The number of likely N-dealkylation sites (tertiary alicyclic amines) is 1. The van der Waals surface area contributed by atoms with Crippen molar-refractivity contribution in [3.63, 3.8) is 0 Å². The van der Waals surface area contributed by atoms with Gasteiger partial charge in [0, 0.05) is 12.6 Å². The van der Waals surface area contributed by atoms with Crippen molar-refractivity contribution in [3.05, 3.63) is 0 Å². The van der Waals surface area contributed by atoms with Crippen LogP contribution in [0.4, 0.5) is 0 Å². The molecule has 0 radical (unpaired) electrons. The Bertz CT molecular complexity index is 328. The molecule has 102 valence electrons. The molecule has 5 nitrogen and oxygen atoms in total. The molecule has 2 N–H and O–H groups in total. The number of carboxylic acids is 1. The first-order valence-electron chi connectivity index (χ1n) is 6.80. The Labute approximate surface area is 108 Å². The van der Waals surface area contributed by atoms with Crippen molar-refractivity contribution in [1.29, 1.82) is 0 Å². The first-order valence-corrected chi connectivity index (χ1v) is 6.80. The van der Waals surface area contributed by atoms with E-state index in [2.05, 4.69) is 10.2 Å². The summed E-state index contributed by atoms with van der Waals surface area (Å²) in [5.41, 5.74) is 0. The van der Waals surface area contributed by atoms with Gasteiger partial charge in [0.2, 0.25) is 5.91 Å². The first-order chi connectivity index (χ1) is 8.56. The van der Waals surface area contributed by atoms with Crippen molar-refractivity contribution in [2.75, 3.05) is 19.6 Å². The van der Waals surface area contributed by atoms with Crippen molar-refractivity contribution >= 4 is 11.9 Å². The van der Waals surface area contributed by atoms with Gasteiger partial charge in [0.05, 0.1) is 12.5 Å². The third-order valence-electron chi connectivity index (χ3n) is 3.99. The number of nitrogens with zero attached hydrogens (tertiary/aromatic N) is 1. The van der Waals surface area contributed by atoms with Crippen LogP contribution in [0, 0.1) is 11.8 Å². The molecule has 1 heterocycles. The minimum atomic E-state index is -0.709. The van der Waals surface area contributed by atoms with E-state index >= 15 is 0 Å². The van der Waals surface area contributed by atoms with E-state index in [4.69, 9.17) is 5.11 Å². The Balaban J connectivity index is 1.72. The number of amides is 1. The molecule has 18 heavy (non-hydrogen) atoms. The van der Waals surface area contributed by atoms with Crippen LogP contribution in [-0.4, -0.2) is 47.6 Å². The lowest BCUT2D eigenvalue weighted by Gasteiger charge is -2.35. The van der Waals surface area contributed by atoms with Gasteiger partial charge in [-0.05, 0) is 45.1 Å². The molecule has 0 bridgehead atoms. The molecule has 2 aliphatic rings. The highest BCUT2D eigenvalue weighted by Gasteiger charge is 2.30. The highest BCUT2D eigenvalue weighted by atomic mass is 16.4. The second-order valence-electron chi connectivity index (χ2n) is 5.63. The van der Waals surface area contributed by atoms with E-state index in [1.54, 1.807) is 0 Å². The lowest BCUT2D eigenvalue weighted by Crippen LogP contribution is -2.47. The molecule has 2 unspecified atom stereocenters. The number of aliphatic carboxylic acids is 1. The van der Waals surface area contributed by atoms with Crippen molar-refractivity contribution in [1.82, 2.24) is 10.2 Å². The zero-order valence-corrected chi connectivity index (χ0v) is 10.9. The van der Waals surface area contributed by atoms with Crippen molar-refractivity contribution in [3.8, 4) is 0 Å². The monoisotopic (exact) mass is 254 g/mol. The summed E-state index contributed by atoms with van der Waals surface area (Å²) in [6.07, 6.45) is 3.77. The van der Waals surface area contributed by atoms with Crippen LogP contribution < -0.4 is 5.32 Å². The first kappa shape index (κ1) is 13.3. The molecule has 5 heteroatoms. The van der Waals surface area contributed by atoms with Crippen molar-refractivity contribution < 1.29 is 14.7 Å². The van der Waals surface area contributed by atoms with Crippen LogP contribution in [0.3, 0.4) is 0 Å². The highest BCUT2D eigenvalue weighted by molar-refractivity contribution is 5.78. The summed E-state index contributed by atoms with van der Waals surface area (Å²) < 4.78 is 0. The number of nitrogens with one attached hydrogen (secondary N) is 1. The van der Waals surface area contributed by atoms with Gasteiger partial charge in [-0.2, -0.15) is 0 Å². The third-order valence-corrected chi connectivity index (χ3v) is 3.99. The van der Waals surface area contributed by atoms with Crippen LogP contribution in [-0.2, 0) is 9.59 Å². The molecule has 0 aromatic rings. The molecule has 0 aromatic heterocycles. The van der Waals surface area contributed by atoms with Crippen molar-refractivity contribution in [2.24, 2.45) is 11.8 Å².